The SMILES string of the molecule is CC(=O)N1CCN(c2ccc(NC(=O)CCC(Oc3ccccc3Cl)C(=O)Nc3cc(C(F)(F)F)ccc3Cl)cc2)CC1. The Balaban J connectivity index is 1.40. The average molecular weight is 637 g/mol. The smallest absolute Gasteiger partial charge is 0.416 e. The topological polar surface area (TPSA) is 91.0 Å². The summed E-state index contributed by atoms with van der Waals surface area (Å²) in [4.78, 5) is 41.5. The van der Waals surface area contributed by atoms with Crippen LogP contribution in [0.4, 0.5) is 30.2 Å². The van der Waals surface area contributed by atoms with Crippen molar-refractivity contribution in [2.75, 3.05) is 41.7 Å². The van der Waals surface area contributed by atoms with Crippen molar-refractivity contribution in [1.29, 1.82) is 0 Å². The maximum absolute atomic E-state index is 13.2. The molecule has 3 amide bonds. The molecule has 1 unspecified atom stereocenters. The minimum atomic E-state index is -4.64. The van der Waals surface area contributed by atoms with E-state index in [0.29, 0.717) is 31.9 Å². The molecule has 0 aliphatic carbocycles. The Hall–Kier alpha value is -3.96. The molecule has 0 spiro atoms. The van der Waals surface area contributed by atoms with E-state index in [1.807, 2.05) is 12.1 Å². The molecule has 1 heterocycles. The van der Waals surface area contributed by atoms with Crippen LogP contribution in [0.2, 0.25) is 10.0 Å². The van der Waals surface area contributed by atoms with Gasteiger partial charge in [0.05, 0.1) is 21.3 Å². The molecule has 43 heavy (non-hydrogen) atoms. The quantitative estimate of drug-likeness (QED) is 0.280. The summed E-state index contributed by atoms with van der Waals surface area (Å²) < 4.78 is 45.5. The van der Waals surface area contributed by atoms with Crippen molar-refractivity contribution in [2.45, 2.75) is 32.0 Å². The average Bonchev–Trinajstić information content (AvgIpc) is 2.97. The lowest BCUT2D eigenvalue weighted by Gasteiger charge is -2.35. The van der Waals surface area contributed by atoms with Gasteiger partial charge in [0.25, 0.3) is 5.91 Å². The van der Waals surface area contributed by atoms with Crippen LogP contribution >= 0.6 is 23.2 Å². The van der Waals surface area contributed by atoms with E-state index in [2.05, 4.69) is 15.5 Å². The van der Waals surface area contributed by atoms with Crippen LogP contribution in [0.5, 0.6) is 5.75 Å². The van der Waals surface area contributed by atoms with Gasteiger partial charge in [-0.25, -0.2) is 0 Å². The largest absolute Gasteiger partial charge is 0.479 e. The molecular weight excluding hydrogens is 608 g/mol. The van der Waals surface area contributed by atoms with Gasteiger partial charge in [0.1, 0.15) is 5.75 Å². The number of nitrogens with one attached hydrogen (secondary N) is 2. The fraction of sp³-hybridized carbons (Fsp3) is 0.300. The van der Waals surface area contributed by atoms with Crippen LogP contribution in [0.15, 0.2) is 66.7 Å². The second kappa shape index (κ2) is 14.0. The molecule has 1 aliphatic rings. The molecule has 2 N–H and O–H groups in total. The predicted octanol–water partition coefficient (Wildman–Crippen LogP) is 6.49. The Labute approximate surface area is 256 Å². The Morgan fingerprint density at radius 2 is 1.58 bits per heavy atom. The van der Waals surface area contributed by atoms with Crippen LogP contribution in [-0.4, -0.2) is 54.9 Å². The van der Waals surface area contributed by atoms with Crippen molar-refractivity contribution in [2.24, 2.45) is 0 Å². The van der Waals surface area contributed by atoms with Crippen LogP contribution in [0.25, 0.3) is 0 Å². The van der Waals surface area contributed by atoms with Gasteiger partial charge in [-0.1, -0.05) is 35.3 Å². The molecule has 4 rings (SSSR count). The zero-order valence-electron chi connectivity index (χ0n) is 23.1. The standard InChI is InChI=1S/C30H29Cl2F3N4O4/c1-19(40)38-14-16-39(17-15-38)22-9-7-21(8-10-22)36-28(41)13-12-27(43-26-5-3-2-4-24(26)32)29(42)37-25-18-20(30(33,34)35)6-11-23(25)31/h2-11,18,27H,12-17H2,1H3,(H,36,41)(H,37,42). The van der Waals surface area contributed by atoms with E-state index < -0.39 is 29.7 Å². The van der Waals surface area contributed by atoms with Gasteiger partial charge in [0.2, 0.25) is 11.8 Å². The zero-order valence-corrected chi connectivity index (χ0v) is 24.6. The highest BCUT2D eigenvalue weighted by atomic mass is 35.5. The summed E-state index contributed by atoms with van der Waals surface area (Å²) in [6.45, 7) is 4.23. The van der Waals surface area contributed by atoms with E-state index in [0.717, 1.165) is 23.9 Å². The summed E-state index contributed by atoms with van der Waals surface area (Å²) in [7, 11) is 0. The zero-order chi connectivity index (χ0) is 31.1. The van der Waals surface area contributed by atoms with Crippen LogP contribution in [0, 0.1) is 0 Å². The molecule has 0 saturated carbocycles. The third kappa shape index (κ3) is 8.77. The van der Waals surface area contributed by atoms with Crippen molar-refractivity contribution in [3.63, 3.8) is 0 Å². The number of para-hydroxylation sites is 1. The van der Waals surface area contributed by atoms with Gasteiger partial charge in [-0.15, -0.1) is 0 Å². The molecule has 0 bridgehead atoms. The highest BCUT2D eigenvalue weighted by molar-refractivity contribution is 6.33. The van der Waals surface area contributed by atoms with Crippen molar-refractivity contribution < 1.29 is 32.3 Å². The van der Waals surface area contributed by atoms with Gasteiger partial charge in [-0.2, -0.15) is 13.2 Å². The van der Waals surface area contributed by atoms with Gasteiger partial charge in [-0.3, -0.25) is 14.4 Å². The number of alkyl halides is 3. The third-order valence-corrected chi connectivity index (χ3v) is 7.47. The number of piperazine rings is 1. The number of rotatable bonds is 9. The number of hydrogen-bond donors (Lipinski definition) is 2. The summed E-state index contributed by atoms with van der Waals surface area (Å²) in [5, 5.41) is 5.28. The number of anilines is 3. The molecule has 1 atom stereocenters. The fourth-order valence-electron chi connectivity index (χ4n) is 4.47. The molecule has 0 aromatic heterocycles. The number of benzene rings is 3. The van der Waals surface area contributed by atoms with Gasteiger partial charge >= 0.3 is 6.18 Å². The molecule has 1 fully saturated rings. The monoisotopic (exact) mass is 636 g/mol. The van der Waals surface area contributed by atoms with E-state index in [9.17, 15) is 27.6 Å². The van der Waals surface area contributed by atoms with Crippen LogP contribution in [-0.2, 0) is 20.6 Å². The Morgan fingerprint density at radius 1 is 0.907 bits per heavy atom. The Kier molecular flexibility index (Phi) is 10.4. The molecule has 228 valence electrons. The summed E-state index contributed by atoms with van der Waals surface area (Å²) >= 11 is 12.2. The fourth-order valence-corrected chi connectivity index (χ4v) is 4.81. The molecule has 1 aliphatic heterocycles. The number of ether oxygens (including phenoxy) is 1. The third-order valence-electron chi connectivity index (χ3n) is 6.82. The first-order valence-electron chi connectivity index (χ1n) is 13.4. The maximum Gasteiger partial charge on any atom is 0.416 e. The summed E-state index contributed by atoms with van der Waals surface area (Å²) in [5.74, 6) is -0.989. The summed E-state index contributed by atoms with van der Waals surface area (Å²) in [6.07, 6.45) is -6.18. The highest BCUT2D eigenvalue weighted by Gasteiger charge is 2.32. The second-order valence-corrected chi connectivity index (χ2v) is 10.7. The number of amides is 3. The molecular formula is C30H29Cl2F3N4O4. The molecule has 3 aromatic rings. The number of halogens is 5. The highest BCUT2D eigenvalue weighted by Crippen LogP contribution is 2.34. The maximum atomic E-state index is 13.2. The van der Waals surface area contributed by atoms with Crippen molar-refractivity contribution in [1.82, 2.24) is 4.90 Å². The van der Waals surface area contributed by atoms with Gasteiger partial charge < -0.3 is 25.2 Å². The minimum Gasteiger partial charge on any atom is -0.479 e. The lowest BCUT2D eigenvalue weighted by Crippen LogP contribution is -2.48. The van der Waals surface area contributed by atoms with E-state index in [4.69, 9.17) is 27.9 Å². The Morgan fingerprint density at radius 3 is 2.21 bits per heavy atom. The molecule has 1 saturated heterocycles. The molecule has 8 nitrogen and oxygen atoms in total. The van der Waals surface area contributed by atoms with E-state index in [-0.39, 0.29) is 40.2 Å². The van der Waals surface area contributed by atoms with E-state index in [1.165, 1.54) is 6.07 Å². The van der Waals surface area contributed by atoms with Crippen LogP contribution in [0.3, 0.4) is 0 Å². The number of carbonyl (C=O) groups excluding carboxylic acids is 3. The second-order valence-electron chi connectivity index (χ2n) is 9.85. The minimum absolute atomic E-state index is 0.0501. The first-order valence-corrected chi connectivity index (χ1v) is 14.2. The first-order chi connectivity index (χ1) is 20.4. The lowest BCUT2D eigenvalue weighted by atomic mass is 10.1. The predicted molar refractivity (Wildman–Crippen MR) is 160 cm³/mol. The normalized spacial score (nSPS) is 14.2. The Bertz CT molecular complexity index is 1460. The van der Waals surface area contributed by atoms with Gasteiger partial charge in [0.15, 0.2) is 6.10 Å². The van der Waals surface area contributed by atoms with E-state index >= 15 is 0 Å². The molecule has 3 aromatic carbocycles. The van der Waals surface area contributed by atoms with Crippen molar-refractivity contribution >= 4 is 58.0 Å². The summed E-state index contributed by atoms with van der Waals surface area (Å²) in [6, 6.07) is 16.2. The van der Waals surface area contributed by atoms with Crippen molar-refractivity contribution in [3.8, 4) is 5.75 Å². The van der Waals surface area contributed by atoms with Gasteiger partial charge in [-0.05, 0) is 54.6 Å². The molecule has 13 heteroatoms. The van der Waals surface area contributed by atoms with E-state index in [1.54, 1.807) is 42.2 Å². The molecule has 0 radical (unpaired) electrons. The van der Waals surface area contributed by atoms with Crippen LogP contribution < -0.4 is 20.3 Å². The lowest BCUT2D eigenvalue weighted by molar-refractivity contribution is -0.137. The summed E-state index contributed by atoms with van der Waals surface area (Å²) in [5.41, 5.74) is 0.264. The number of carbonyl (C=O) groups is 3. The number of hydrogen-bond acceptors (Lipinski definition) is 5. The first kappa shape index (κ1) is 32.0. The number of nitrogens with zero attached hydrogens (tertiary/aromatic N) is 2. The van der Waals surface area contributed by atoms with Crippen molar-refractivity contribution in [3.05, 3.63) is 82.3 Å². The van der Waals surface area contributed by atoms with Gasteiger partial charge in [0, 0.05) is 57.3 Å². The van der Waals surface area contributed by atoms with Crippen LogP contribution in [0.1, 0.15) is 25.3 Å².